The Morgan fingerprint density at radius 1 is 1.11 bits per heavy atom. The Hall–Kier alpha value is -0.860. The zero-order valence-electron chi connectivity index (χ0n) is 12.0. The van der Waals surface area contributed by atoms with E-state index in [9.17, 15) is 0 Å². The first kappa shape index (κ1) is 13.6. The molecule has 0 aromatic heterocycles. The van der Waals surface area contributed by atoms with Gasteiger partial charge in [0, 0.05) is 19.1 Å². The van der Waals surface area contributed by atoms with Crippen LogP contribution in [0.5, 0.6) is 0 Å². The minimum absolute atomic E-state index is 0.741. The van der Waals surface area contributed by atoms with Crippen molar-refractivity contribution in [1.29, 1.82) is 0 Å². The summed E-state index contributed by atoms with van der Waals surface area (Å²) < 4.78 is 0. The van der Waals surface area contributed by atoms with Crippen molar-refractivity contribution >= 4 is 0 Å². The van der Waals surface area contributed by atoms with Crippen molar-refractivity contribution in [3.63, 3.8) is 0 Å². The molecule has 18 heavy (non-hydrogen) atoms. The first-order valence-corrected chi connectivity index (χ1v) is 7.16. The summed E-state index contributed by atoms with van der Waals surface area (Å²) in [4.78, 5) is 4.93. The van der Waals surface area contributed by atoms with E-state index in [4.69, 9.17) is 0 Å². The molecule has 2 heteroatoms. The molecule has 0 saturated carbocycles. The predicted octanol–water partition coefficient (Wildman–Crippen LogP) is 2.43. The lowest BCUT2D eigenvalue weighted by Gasteiger charge is -2.35. The Balaban J connectivity index is 1.98. The Labute approximate surface area is 112 Å². The number of hydrogen-bond acceptors (Lipinski definition) is 2. The van der Waals surface area contributed by atoms with E-state index in [1.54, 1.807) is 11.1 Å². The number of nitrogens with zero attached hydrogens (tertiary/aromatic N) is 2. The maximum Gasteiger partial charge on any atom is 0.0139 e. The zero-order valence-corrected chi connectivity index (χ0v) is 12.0. The van der Waals surface area contributed by atoms with Gasteiger partial charge in [0.25, 0.3) is 0 Å². The first-order chi connectivity index (χ1) is 8.70. The smallest absolute Gasteiger partial charge is 0.0139 e. The lowest BCUT2D eigenvalue weighted by Crippen LogP contribution is -2.42. The standard InChI is InChI=1S/C16H26N2/c1-4-18(12-11-17(2)3)16-10-9-14-7-5-6-8-15(14)13-16/h5-8,16H,4,9-13H2,1-3H3. The van der Waals surface area contributed by atoms with Gasteiger partial charge < -0.3 is 4.90 Å². The molecule has 1 aliphatic carbocycles. The highest BCUT2D eigenvalue weighted by molar-refractivity contribution is 5.30. The minimum atomic E-state index is 0.741. The summed E-state index contributed by atoms with van der Waals surface area (Å²) in [7, 11) is 4.31. The SMILES string of the molecule is CCN(CCN(C)C)C1CCc2ccccc2C1. The Kier molecular flexibility index (Phi) is 4.79. The van der Waals surface area contributed by atoms with Gasteiger partial charge in [-0.25, -0.2) is 0 Å². The molecule has 1 aliphatic rings. The highest BCUT2D eigenvalue weighted by Crippen LogP contribution is 2.24. The first-order valence-electron chi connectivity index (χ1n) is 7.16. The number of fused-ring (bicyclic) bond motifs is 1. The van der Waals surface area contributed by atoms with Crippen LogP contribution in [0.3, 0.4) is 0 Å². The van der Waals surface area contributed by atoms with Crippen molar-refractivity contribution in [1.82, 2.24) is 9.80 Å². The molecule has 2 rings (SSSR count). The molecule has 0 spiro atoms. The molecule has 0 bridgehead atoms. The number of hydrogen-bond donors (Lipinski definition) is 0. The number of rotatable bonds is 5. The lowest BCUT2D eigenvalue weighted by atomic mass is 9.87. The second kappa shape index (κ2) is 6.35. The van der Waals surface area contributed by atoms with Gasteiger partial charge in [-0.05, 0) is 51.0 Å². The van der Waals surface area contributed by atoms with Crippen LogP contribution in [0.25, 0.3) is 0 Å². The van der Waals surface area contributed by atoms with E-state index >= 15 is 0 Å². The van der Waals surface area contributed by atoms with Gasteiger partial charge in [0.2, 0.25) is 0 Å². The molecule has 1 unspecified atom stereocenters. The molecular formula is C16H26N2. The van der Waals surface area contributed by atoms with E-state index in [-0.39, 0.29) is 0 Å². The van der Waals surface area contributed by atoms with Crippen LogP contribution in [-0.2, 0) is 12.8 Å². The van der Waals surface area contributed by atoms with E-state index < -0.39 is 0 Å². The van der Waals surface area contributed by atoms with E-state index in [2.05, 4.69) is 55.1 Å². The molecule has 0 fully saturated rings. The molecule has 0 N–H and O–H groups in total. The van der Waals surface area contributed by atoms with Gasteiger partial charge in [-0.2, -0.15) is 0 Å². The van der Waals surface area contributed by atoms with Gasteiger partial charge in [-0.1, -0.05) is 31.2 Å². The topological polar surface area (TPSA) is 6.48 Å². The fourth-order valence-corrected chi connectivity index (χ4v) is 2.92. The summed E-state index contributed by atoms with van der Waals surface area (Å²) in [6.45, 7) is 5.80. The molecule has 0 heterocycles. The van der Waals surface area contributed by atoms with Crippen LogP contribution in [0.1, 0.15) is 24.5 Å². The summed E-state index contributed by atoms with van der Waals surface area (Å²) in [5.74, 6) is 0. The third kappa shape index (κ3) is 3.33. The number of aryl methyl sites for hydroxylation is 1. The molecule has 100 valence electrons. The quantitative estimate of drug-likeness (QED) is 0.787. The van der Waals surface area contributed by atoms with Crippen molar-refractivity contribution in [2.75, 3.05) is 33.7 Å². The fraction of sp³-hybridized carbons (Fsp3) is 0.625. The average molecular weight is 246 g/mol. The Bertz CT molecular complexity index is 373. The van der Waals surface area contributed by atoms with Gasteiger partial charge >= 0.3 is 0 Å². The molecule has 0 aliphatic heterocycles. The third-order valence-electron chi connectivity index (χ3n) is 4.08. The molecule has 0 saturated heterocycles. The van der Waals surface area contributed by atoms with E-state index in [1.165, 1.54) is 32.4 Å². The molecule has 1 atom stereocenters. The minimum Gasteiger partial charge on any atom is -0.308 e. The molecule has 0 radical (unpaired) electrons. The van der Waals surface area contributed by atoms with Crippen molar-refractivity contribution in [3.05, 3.63) is 35.4 Å². The summed E-state index contributed by atoms with van der Waals surface area (Å²) in [6, 6.07) is 9.69. The molecular weight excluding hydrogens is 220 g/mol. The van der Waals surface area contributed by atoms with Crippen LogP contribution >= 0.6 is 0 Å². The van der Waals surface area contributed by atoms with E-state index in [0.717, 1.165) is 12.6 Å². The number of benzene rings is 1. The highest BCUT2D eigenvalue weighted by Gasteiger charge is 2.22. The van der Waals surface area contributed by atoms with Gasteiger partial charge in [0.1, 0.15) is 0 Å². The molecule has 1 aromatic rings. The van der Waals surface area contributed by atoms with Gasteiger partial charge in [0.15, 0.2) is 0 Å². The van der Waals surface area contributed by atoms with Crippen LogP contribution in [0.4, 0.5) is 0 Å². The van der Waals surface area contributed by atoms with Crippen LogP contribution < -0.4 is 0 Å². The third-order valence-corrected chi connectivity index (χ3v) is 4.08. The van der Waals surface area contributed by atoms with Gasteiger partial charge in [0.05, 0.1) is 0 Å². The van der Waals surface area contributed by atoms with Crippen molar-refractivity contribution < 1.29 is 0 Å². The van der Waals surface area contributed by atoms with E-state index in [0.29, 0.717) is 0 Å². The van der Waals surface area contributed by atoms with Crippen molar-refractivity contribution in [3.8, 4) is 0 Å². The van der Waals surface area contributed by atoms with Crippen molar-refractivity contribution in [2.45, 2.75) is 32.2 Å². The highest BCUT2D eigenvalue weighted by atomic mass is 15.2. The van der Waals surface area contributed by atoms with Gasteiger partial charge in [-0.3, -0.25) is 4.90 Å². The molecule has 0 amide bonds. The second-order valence-corrected chi connectivity index (χ2v) is 5.60. The monoisotopic (exact) mass is 246 g/mol. The fourth-order valence-electron chi connectivity index (χ4n) is 2.92. The van der Waals surface area contributed by atoms with E-state index in [1.807, 2.05) is 0 Å². The summed E-state index contributed by atoms with van der Waals surface area (Å²) in [6.07, 6.45) is 3.80. The van der Waals surface area contributed by atoms with Crippen LogP contribution in [-0.4, -0.2) is 49.6 Å². The average Bonchev–Trinajstić information content (AvgIpc) is 2.39. The number of likely N-dealkylation sites (N-methyl/N-ethyl adjacent to an activating group) is 2. The Morgan fingerprint density at radius 3 is 2.50 bits per heavy atom. The maximum absolute atomic E-state index is 2.65. The molecule has 1 aromatic carbocycles. The van der Waals surface area contributed by atoms with Crippen LogP contribution in [0.15, 0.2) is 24.3 Å². The van der Waals surface area contributed by atoms with Gasteiger partial charge in [-0.15, -0.1) is 0 Å². The molecule has 2 nitrogen and oxygen atoms in total. The second-order valence-electron chi connectivity index (χ2n) is 5.60. The lowest BCUT2D eigenvalue weighted by molar-refractivity contribution is 0.172. The van der Waals surface area contributed by atoms with Crippen LogP contribution in [0.2, 0.25) is 0 Å². The zero-order chi connectivity index (χ0) is 13.0. The summed E-state index contributed by atoms with van der Waals surface area (Å²) in [5, 5.41) is 0. The summed E-state index contributed by atoms with van der Waals surface area (Å²) >= 11 is 0. The predicted molar refractivity (Wildman–Crippen MR) is 78.1 cm³/mol. The normalized spacial score (nSPS) is 19.3. The maximum atomic E-state index is 2.65. The van der Waals surface area contributed by atoms with Crippen molar-refractivity contribution in [2.24, 2.45) is 0 Å². The van der Waals surface area contributed by atoms with Crippen LogP contribution in [0, 0.1) is 0 Å². The largest absolute Gasteiger partial charge is 0.308 e. The Morgan fingerprint density at radius 2 is 1.83 bits per heavy atom. The summed E-state index contributed by atoms with van der Waals surface area (Å²) in [5.41, 5.74) is 3.13.